The smallest absolute Gasteiger partial charge is 0.315 e. The lowest BCUT2D eigenvalue weighted by Crippen LogP contribution is -2.48. The molecule has 0 saturated carbocycles. The monoisotopic (exact) mass is 301 g/mol. The minimum Gasteiger partial charge on any atom is -0.351 e. The van der Waals surface area contributed by atoms with Crippen LogP contribution in [0, 0.1) is 0 Å². The Kier molecular flexibility index (Phi) is 5.20. The summed E-state index contributed by atoms with van der Waals surface area (Å²) in [5.74, 6) is -0.0443. The predicted octanol–water partition coefficient (Wildman–Crippen LogP) is 2.09. The number of hydrogen-bond acceptors (Lipinski definition) is 2. The maximum absolute atomic E-state index is 12.5. The van der Waals surface area contributed by atoms with E-state index in [-0.39, 0.29) is 5.91 Å². The van der Waals surface area contributed by atoms with Gasteiger partial charge in [-0.3, -0.25) is 4.79 Å². The molecule has 5 nitrogen and oxygen atoms in total. The predicted molar refractivity (Wildman–Crippen MR) is 87.0 cm³/mol. The lowest BCUT2D eigenvalue weighted by atomic mass is 10.1. The van der Waals surface area contributed by atoms with Gasteiger partial charge in [-0.25, -0.2) is 4.79 Å². The van der Waals surface area contributed by atoms with E-state index in [0.717, 1.165) is 17.6 Å². The van der Waals surface area contributed by atoms with Crippen molar-refractivity contribution in [2.24, 2.45) is 5.73 Å². The van der Waals surface area contributed by atoms with Crippen LogP contribution in [0.15, 0.2) is 35.9 Å². The SMILES string of the molecule is C/C(=C\c1ccccc1)CN(C)C(=O)[C@@H]1CCCN1C(N)=O. The van der Waals surface area contributed by atoms with Crippen LogP contribution in [0.3, 0.4) is 0 Å². The van der Waals surface area contributed by atoms with Crippen LogP contribution in [0.2, 0.25) is 0 Å². The highest BCUT2D eigenvalue weighted by Crippen LogP contribution is 2.19. The first-order chi connectivity index (χ1) is 10.5. The molecule has 0 unspecified atom stereocenters. The molecule has 2 rings (SSSR count). The van der Waals surface area contributed by atoms with Gasteiger partial charge in [0.2, 0.25) is 5.91 Å². The van der Waals surface area contributed by atoms with Gasteiger partial charge < -0.3 is 15.5 Å². The molecule has 1 aromatic rings. The number of likely N-dealkylation sites (N-methyl/N-ethyl adjacent to an activating group) is 1. The Bertz CT molecular complexity index is 569. The van der Waals surface area contributed by atoms with Crippen LogP contribution >= 0.6 is 0 Å². The Balaban J connectivity index is 1.99. The molecule has 5 heteroatoms. The van der Waals surface area contributed by atoms with E-state index in [1.807, 2.05) is 37.3 Å². The van der Waals surface area contributed by atoms with Crippen LogP contribution < -0.4 is 5.73 Å². The van der Waals surface area contributed by atoms with Gasteiger partial charge in [-0.05, 0) is 25.3 Å². The van der Waals surface area contributed by atoms with Crippen molar-refractivity contribution in [1.82, 2.24) is 9.80 Å². The zero-order valence-electron chi connectivity index (χ0n) is 13.2. The Morgan fingerprint density at radius 3 is 2.68 bits per heavy atom. The Morgan fingerprint density at radius 1 is 1.36 bits per heavy atom. The van der Waals surface area contributed by atoms with Crippen LogP contribution in [0.5, 0.6) is 0 Å². The van der Waals surface area contributed by atoms with Crippen molar-refractivity contribution in [2.45, 2.75) is 25.8 Å². The number of hydrogen-bond donors (Lipinski definition) is 1. The molecule has 1 saturated heterocycles. The summed E-state index contributed by atoms with van der Waals surface area (Å²) in [6.07, 6.45) is 3.57. The Morgan fingerprint density at radius 2 is 2.05 bits per heavy atom. The molecule has 1 atom stereocenters. The van der Waals surface area contributed by atoms with E-state index in [1.165, 1.54) is 4.90 Å². The number of likely N-dealkylation sites (tertiary alicyclic amines) is 1. The standard InChI is InChI=1S/C17H23N3O2/c1-13(11-14-7-4-3-5-8-14)12-19(2)16(21)15-9-6-10-20(15)17(18)22/h3-5,7-8,11,15H,6,9-10,12H2,1-2H3,(H2,18,22)/b13-11+/t15-/m0/s1. The molecule has 0 bridgehead atoms. The molecular weight excluding hydrogens is 278 g/mol. The summed E-state index contributed by atoms with van der Waals surface area (Å²) >= 11 is 0. The summed E-state index contributed by atoms with van der Waals surface area (Å²) in [5.41, 5.74) is 7.53. The highest BCUT2D eigenvalue weighted by atomic mass is 16.2. The van der Waals surface area contributed by atoms with Gasteiger partial charge in [0.25, 0.3) is 0 Å². The van der Waals surface area contributed by atoms with Gasteiger partial charge in [0.15, 0.2) is 0 Å². The van der Waals surface area contributed by atoms with E-state index in [9.17, 15) is 9.59 Å². The van der Waals surface area contributed by atoms with Gasteiger partial charge in [0, 0.05) is 20.1 Å². The van der Waals surface area contributed by atoms with Crippen LogP contribution in [0.25, 0.3) is 6.08 Å². The first kappa shape index (κ1) is 16.1. The number of nitrogens with zero attached hydrogens (tertiary/aromatic N) is 2. The van der Waals surface area contributed by atoms with Gasteiger partial charge in [-0.15, -0.1) is 0 Å². The minimum absolute atomic E-state index is 0.0443. The lowest BCUT2D eigenvalue weighted by molar-refractivity contribution is -0.133. The van der Waals surface area contributed by atoms with Crippen LogP contribution in [0.4, 0.5) is 4.79 Å². The summed E-state index contributed by atoms with van der Waals surface area (Å²) in [6, 6.07) is 9.07. The summed E-state index contributed by atoms with van der Waals surface area (Å²) in [7, 11) is 1.77. The second-order valence-electron chi connectivity index (χ2n) is 5.79. The molecule has 1 aromatic carbocycles. The molecule has 1 aliphatic rings. The number of carbonyl (C=O) groups is 2. The molecule has 1 heterocycles. The molecule has 0 aromatic heterocycles. The topological polar surface area (TPSA) is 66.6 Å². The van der Waals surface area contributed by atoms with Crippen molar-refractivity contribution < 1.29 is 9.59 Å². The van der Waals surface area contributed by atoms with Gasteiger partial charge in [-0.1, -0.05) is 42.0 Å². The molecule has 0 radical (unpaired) electrons. The summed E-state index contributed by atoms with van der Waals surface area (Å²) in [4.78, 5) is 27.0. The quantitative estimate of drug-likeness (QED) is 0.925. The maximum atomic E-state index is 12.5. The zero-order valence-corrected chi connectivity index (χ0v) is 13.2. The van der Waals surface area contributed by atoms with Gasteiger partial charge in [-0.2, -0.15) is 0 Å². The Labute approximate surface area is 131 Å². The van der Waals surface area contributed by atoms with Crippen molar-refractivity contribution in [2.75, 3.05) is 20.1 Å². The molecule has 118 valence electrons. The number of urea groups is 1. The van der Waals surface area contributed by atoms with Gasteiger partial charge in [0.05, 0.1) is 0 Å². The van der Waals surface area contributed by atoms with Crippen molar-refractivity contribution in [3.05, 3.63) is 41.5 Å². The second kappa shape index (κ2) is 7.11. The number of rotatable bonds is 4. The number of primary amides is 1. The third kappa shape index (κ3) is 3.87. The van der Waals surface area contributed by atoms with Crippen molar-refractivity contribution in [1.29, 1.82) is 0 Å². The maximum Gasteiger partial charge on any atom is 0.315 e. The van der Waals surface area contributed by atoms with Crippen LogP contribution in [0.1, 0.15) is 25.3 Å². The van der Waals surface area contributed by atoms with E-state index in [1.54, 1.807) is 11.9 Å². The normalized spacial score (nSPS) is 18.4. The first-order valence-electron chi connectivity index (χ1n) is 7.52. The molecule has 22 heavy (non-hydrogen) atoms. The Hall–Kier alpha value is -2.30. The minimum atomic E-state index is -0.513. The van der Waals surface area contributed by atoms with E-state index in [0.29, 0.717) is 19.5 Å². The first-order valence-corrected chi connectivity index (χ1v) is 7.52. The molecule has 3 amide bonds. The van der Waals surface area contributed by atoms with Crippen molar-refractivity contribution >= 4 is 18.0 Å². The largest absolute Gasteiger partial charge is 0.351 e. The fourth-order valence-electron chi connectivity index (χ4n) is 2.87. The number of carbonyl (C=O) groups excluding carboxylic acids is 2. The fourth-order valence-corrected chi connectivity index (χ4v) is 2.87. The molecule has 2 N–H and O–H groups in total. The fraction of sp³-hybridized carbons (Fsp3) is 0.412. The van der Waals surface area contributed by atoms with E-state index in [2.05, 4.69) is 6.08 Å². The lowest BCUT2D eigenvalue weighted by Gasteiger charge is -2.27. The van der Waals surface area contributed by atoms with Crippen molar-refractivity contribution in [3.63, 3.8) is 0 Å². The molecule has 0 spiro atoms. The summed E-state index contributed by atoms with van der Waals surface area (Å²) < 4.78 is 0. The van der Waals surface area contributed by atoms with Gasteiger partial charge in [0.1, 0.15) is 6.04 Å². The number of amides is 3. The average Bonchev–Trinajstić information content (AvgIpc) is 2.96. The second-order valence-corrected chi connectivity index (χ2v) is 5.79. The molecular formula is C17H23N3O2. The van der Waals surface area contributed by atoms with Crippen LogP contribution in [-0.4, -0.2) is 47.9 Å². The number of benzene rings is 1. The highest BCUT2D eigenvalue weighted by Gasteiger charge is 2.34. The van der Waals surface area contributed by atoms with Gasteiger partial charge >= 0.3 is 6.03 Å². The van der Waals surface area contributed by atoms with E-state index >= 15 is 0 Å². The molecule has 0 aliphatic carbocycles. The van der Waals surface area contributed by atoms with E-state index < -0.39 is 12.1 Å². The van der Waals surface area contributed by atoms with E-state index in [4.69, 9.17) is 5.73 Å². The number of nitrogens with two attached hydrogens (primary N) is 1. The highest BCUT2D eigenvalue weighted by molar-refractivity contribution is 5.87. The molecule has 1 aliphatic heterocycles. The van der Waals surface area contributed by atoms with Crippen molar-refractivity contribution in [3.8, 4) is 0 Å². The van der Waals surface area contributed by atoms with Crippen LogP contribution in [-0.2, 0) is 4.79 Å². The average molecular weight is 301 g/mol. The third-order valence-electron chi connectivity index (χ3n) is 3.90. The summed E-state index contributed by atoms with van der Waals surface area (Å²) in [5, 5.41) is 0. The molecule has 1 fully saturated rings. The zero-order chi connectivity index (χ0) is 16.1. The third-order valence-corrected chi connectivity index (χ3v) is 3.90. The summed E-state index contributed by atoms with van der Waals surface area (Å²) in [6.45, 7) is 3.10.